The summed E-state index contributed by atoms with van der Waals surface area (Å²) in [4.78, 5) is 0. The minimum atomic E-state index is -5.46. The lowest BCUT2D eigenvalue weighted by Crippen LogP contribution is -2.30. The van der Waals surface area contributed by atoms with Crippen LogP contribution in [0.2, 0.25) is 0 Å². The molecule has 5 nitrogen and oxygen atoms in total. The van der Waals surface area contributed by atoms with Gasteiger partial charge in [-0.25, -0.2) is 0 Å². The van der Waals surface area contributed by atoms with Crippen molar-refractivity contribution >= 4 is 28.1 Å². The summed E-state index contributed by atoms with van der Waals surface area (Å²) in [6.07, 6.45) is 0. The first kappa shape index (κ1) is 17.8. The summed E-state index contributed by atoms with van der Waals surface area (Å²) < 4.78 is 64.9. The second-order valence-electron chi connectivity index (χ2n) is 3.18. The highest BCUT2D eigenvalue weighted by atomic mass is 35.5. The van der Waals surface area contributed by atoms with Crippen LogP contribution in [0.5, 0.6) is 5.75 Å². The van der Waals surface area contributed by atoms with Crippen LogP contribution in [0.3, 0.4) is 0 Å². The van der Waals surface area contributed by atoms with Gasteiger partial charge in [0.1, 0.15) is 12.4 Å². The molecule has 0 fully saturated rings. The summed E-state index contributed by atoms with van der Waals surface area (Å²) in [6, 6.07) is 5.37. The van der Waals surface area contributed by atoms with E-state index in [-0.39, 0.29) is 37.0 Å². The Morgan fingerprint density at radius 3 is 2.37 bits per heavy atom. The number of benzene rings is 1. The average Bonchev–Trinajstić information content (AvgIpc) is 2.26. The molecule has 0 aromatic heterocycles. The van der Waals surface area contributed by atoms with Gasteiger partial charge in [-0.05, 0) is 12.1 Å². The van der Waals surface area contributed by atoms with Gasteiger partial charge in [-0.1, -0.05) is 12.1 Å². The maximum absolute atomic E-state index is 12.2. The Morgan fingerprint density at radius 2 is 1.84 bits per heavy atom. The smallest absolute Gasteiger partial charge is 0.490 e. The Morgan fingerprint density at radius 1 is 1.26 bits per heavy atom. The van der Waals surface area contributed by atoms with Gasteiger partial charge in [0.2, 0.25) is 0 Å². The lowest BCUT2D eigenvalue weighted by Gasteiger charge is -2.14. The second-order valence-corrected chi connectivity index (χ2v) is 4.86. The quantitative estimate of drug-likeness (QED) is 0.865. The molecule has 0 radical (unpaired) electrons. The van der Waals surface area contributed by atoms with Gasteiger partial charge in [-0.3, -0.25) is 4.72 Å². The van der Waals surface area contributed by atoms with E-state index in [1.165, 1.54) is 22.9 Å². The summed E-state index contributed by atoms with van der Waals surface area (Å²) in [7, 11) is -5.46. The molecule has 0 saturated carbocycles. The molecule has 0 aliphatic carbocycles. The molecule has 3 N–H and O–H groups in total. The molecule has 1 aromatic carbocycles. The van der Waals surface area contributed by atoms with Gasteiger partial charge in [0, 0.05) is 6.54 Å². The van der Waals surface area contributed by atoms with Crippen LogP contribution in [0.25, 0.3) is 0 Å². The van der Waals surface area contributed by atoms with E-state index in [0.29, 0.717) is 0 Å². The van der Waals surface area contributed by atoms with Crippen molar-refractivity contribution in [3.63, 3.8) is 0 Å². The molecule has 110 valence electrons. The summed E-state index contributed by atoms with van der Waals surface area (Å²) in [5.74, 6) is -0.0178. The Balaban J connectivity index is 0.00000324. The predicted molar refractivity (Wildman–Crippen MR) is 66.8 cm³/mol. The molecule has 0 saturated heterocycles. The summed E-state index contributed by atoms with van der Waals surface area (Å²) in [6.45, 7) is 0.213. The number of nitrogens with one attached hydrogen (secondary N) is 1. The molecule has 0 atom stereocenters. The van der Waals surface area contributed by atoms with Crippen LogP contribution in [-0.2, 0) is 10.0 Å². The number of halogens is 4. The Labute approximate surface area is 114 Å². The van der Waals surface area contributed by atoms with Crippen LogP contribution in [-0.4, -0.2) is 27.1 Å². The van der Waals surface area contributed by atoms with Crippen LogP contribution in [0.15, 0.2) is 24.3 Å². The van der Waals surface area contributed by atoms with Crippen molar-refractivity contribution in [3.8, 4) is 5.75 Å². The third-order valence-electron chi connectivity index (χ3n) is 1.81. The van der Waals surface area contributed by atoms with Crippen LogP contribution in [0.1, 0.15) is 0 Å². The topological polar surface area (TPSA) is 81.4 Å². The standard InChI is InChI=1S/C9H11F3N2O3S.ClH/c10-9(11,12)18(15,16)14-7-3-1-2-4-8(7)17-6-5-13;/h1-4,14H,5-6,13H2;1H. The number of rotatable bonds is 5. The van der Waals surface area contributed by atoms with E-state index in [2.05, 4.69) is 0 Å². The Kier molecular flexibility index (Phi) is 6.40. The van der Waals surface area contributed by atoms with Gasteiger partial charge < -0.3 is 10.5 Å². The lowest BCUT2D eigenvalue weighted by molar-refractivity contribution is -0.0429. The van der Waals surface area contributed by atoms with Crippen molar-refractivity contribution in [2.75, 3.05) is 17.9 Å². The molecule has 1 aromatic rings. The minimum Gasteiger partial charge on any atom is -0.490 e. The van der Waals surface area contributed by atoms with Crippen LogP contribution in [0, 0.1) is 0 Å². The van der Waals surface area contributed by atoms with Crippen molar-refractivity contribution in [2.45, 2.75) is 5.51 Å². The lowest BCUT2D eigenvalue weighted by atomic mass is 10.3. The van der Waals surface area contributed by atoms with E-state index < -0.39 is 15.5 Å². The number of alkyl halides is 3. The molecule has 0 unspecified atom stereocenters. The fraction of sp³-hybridized carbons (Fsp3) is 0.333. The van der Waals surface area contributed by atoms with E-state index in [4.69, 9.17) is 10.5 Å². The monoisotopic (exact) mass is 320 g/mol. The molecular weight excluding hydrogens is 309 g/mol. The van der Waals surface area contributed by atoms with Gasteiger partial charge in [0.25, 0.3) is 0 Å². The maximum Gasteiger partial charge on any atom is 0.516 e. The molecule has 0 aliphatic rings. The number of para-hydroxylation sites is 2. The molecule has 0 aliphatic heterocycles. The van der Waals surface area contributed by atoms with Crippen molar-refractivity contribution in [3.05, 3.63) is 24.3 Å². The normalized spacial score (nSPS) is 11.6. The predicted octanol–water partition coefficient (Wildman–Crippen LogP) is 1.71. The molecule has 10 heteroatoms. The maximum atomic E-state index is 12.2. The number of nitrogens with two attached hydrogens (primary N) is 1. The summed E-state index contributed by atoms with van der Waals surface area (Å²) in [5.41, 5.74) is -0.490. The minimum absolute atomic E-state index is 0. The summed E-state index contributed by atoms with van der Waals surface area (Å²) in [5, 5.41) is 0. The largest absolute Gasteiger partial charge is 0.516 e. The van der Waals surface area contributed by atoms with Crippen molar-refractivity contribution < 1.29 is 26.3 Å². The SMILES string of the molecule is Cl.NCCOc1ccccc1NS(=O)(=O)C(F)(F)F. The van der Waals surface area contributed by atoms with Gasteiger partial charge in [0.05, 0.1) is 5.69 Å². The molecule has 19 heavy (non-hydrogen) atoms. The molecule has 0 heterocycles. The van der Waals surface area contributed by atoms with Gasteiger partial charge in [-0.15, -0.1) is 12.4 Å². The first-order chi connectivity index (χ1) is 8.28. The van der Waals surface area contributed by atoms with Crippen LogP contribution >= 0.6 is 12.4 Å². The van der Waals surface area contributed by atoms with Gasteiger partial charge >= 0.3 is 15.5 Å². The van der Waals surface area contributed by atoms with Gasteiger partial charge in [0.15, 0.2) is 0 Å². The van der Waals surface area contributed by atoms with Crippen LogP contribution in [0.4, 0.5) is 18.9 Å². The van der Waals surface area contributed by atoms with Crippen molar-refractivity contribution in [1.82, 2.24) is 0 Å². The zero-order chi connectivity index (χ0) is 13.8. The zero-order valence-corrected chi connectivity index (χ0v) is 11.1. The number of ether oxygens (including phenoxy) is 1. The summed E-state index contributed by atoms with van der Waals surface area (Å²) >= 11 is 0. The fourth-order valence-electron chi connectivity index (χ4n) is 1.05. The molecular formula is C9H12ClF3N2O3S. The highest BCUT2D eigenvalue weighted by molar-refractivity contribution is 7.93. The molecule has 1 rings (SSSR count). The Hall–Kier alpha value is -1.19. The molecule has 0 spiro atoms. The first-order valence-corrected chi connectivity index (χ1v) is 6.27. The number of sulfonamides is 1. The second kappa shape index (κ2) is 6.83. The number of anilines is 1. The fourth-order valence-corrected chi connectivity index (χ4v) is 1.62. The van der Waals surface area contributed by atoms with Crippen molar-refractivity contribution in [2.24, 2.45) is 5.73 Å². The highest BCUT2D eigenvalue weighted by Crippen LogP contribution is 2.30. The van der Waals surface area contributed by atoms with Gasteiger partial charge in [-0.2, -0.15) is 21.6 Å². The van der Waals surface area contributed by atoms with E-state index in [1.54, 1.807) is 0 Å². The Bertz CT molecular complexity index is 508. The third kappa shape index (κ3) is 4.77. The van der Waals surface area contributed by atoms with E-state index in [1.807, 2.05) is 0 Å². The van der Waals surface area contributed by atoms with E-state index in [0.717, 1.165) is 6.07 Å². The molecule has 0 bridgehead atoms. The zero-order valence-electron chi connectivity index (χ0n) is 9.48. The number of hydrogen-bond donors (Lipinski definition) is 2. The molecule has 0 amide bonds. The number of hydrogen-bond acceptors (Lipinski definition) is 4. The first-order valence-electron chi connectivity index (χ1n) is 4.79. The third-order valence-corrected chi connectivity index (χ3v) is 2.91. The van der Waals surface area contributed by atoms with E-state index in [9.17, 15) is 21.6 Å². The highest BCUT2D eigenvalue weighted by Gasteiger charge is 2.46. The van der Waals surface area contributed by atoms with Crippen molar-refractivity contribution in [1.29, 1.82) is 0 Å². The average molecular weight is 321 g/mol. The van der Waals surface area contributed by atoms with Crippen LogP contribution < -0.4 is 15.2 Å². The van der Waals surface area contributed by atoms with E-state index >= 15 is 0 Å².